The third-order valence-corrected chi connectivity index (χ3v) is 5.51. The molecule has 0 spiro atoms. The lowest BCUT2D eigenvalue weighted by molar-refractivity contribution is -0.0205. The fraction of sp³-hybridized carbons (Fsp3) is 0.208. The third kappa shape index (κ3) is 2.90. The molecule has 2 aliphatic heterocycles. The first-order valence-corrected chi connectivity index (χ1v) is 9.68. The zero-order chi connectivity index (χ0) is 19.8. The van der Waals surface area contributed by atoms with Gasteiger partial charge in [-0.15, -0.1) is 0 Å². The van der Waals surface area contributed by atoms with Crippen LogP contribution in [0, 0.1) is 0 Å². The molecule has 0 fully saturated rings. The molecule has 0 aliphatic carbocycles. The second-order valence-electron chi connectivity index (χ2n) is 7.10. The first-order chi connectivity index (χ1) is 14.3. The molecule has 0 aromatic heterocycles. The quantitative estimate of drug-likeness (QED) is 0.637. The second-order valence-corrected chi connectivity index (χ2v) is 7.10. The highest BCUT2D eigenvalue weighted by atomic mass is 16.5. The number of nitrogens with zero attached hydrogens (tertiary/aromatic N) is 2. The van der Waals surface area contributed by atoms with E-state index in [-0.39, 0.29) is 6.04 Å². The van der Waals surface area contributed by atoms with E-state index in [2.05, 4.69) is 23.2 Å². The molecule has 0 saturated heterocycles. The average Bonchev–Trinajstić information content (AvgIpc) is 3.24. The molecule has 0 N–H and O–H groups in total. The maximum absolute atomic E-state index is 6.44. The smallest absolute Gasteiger partial charge is 0.217 e. The minimum atomic E-state index is -0.402. The van der Waals surface area contributed by atoms with Crippen LogP contribution in [0.5, 0.6) is 17.2 Å². The molecule has 5 nitrogen and oxygen atoms in total. The van der Waals surface area contributed by atoms with Crippen LogP contribution in [0.3, 0.4) is 0 Å². The second kappa shape index (κ2) is 7.17. The van der Waals surface area contributed by atoms with Gasteiger partial charge in [0.25, 0.3) is 0 Å². The number of methoxy groups -OCH3 is 2. The Bertz CT molecular complexity index is 1060. The van der Waals surface area contributed by atoms with Gasteiger partial charge in [-0.1, -0.05) is 54.6 Å². The Morgan fingerprint density at radius 3 is 2.41 bits per heavy atom. The van der Waals surface area contributed by atoms with E-state index in [1.165, 1.54) is 0 Å². The van der Waals surface area contributed by atoms with Crippen molar-refractivity contribution >= 4 is 5.71 Å². The Labute approximate surface area is 170 Å². The lowest BCUT2D eigenvalue weighted by atomic mass is 9.96. The van der Waals surface area contributed by atoms with Crippen molar-refractivity contribution in [3.05, 3.63) is 89.5 Å². The number of hydrazone groups is 1. The van der Waals surface area contributed by atoms with Gasteiger partial charge in [0.05, 0.1) is 31.5 Å². The maximum atomic E-state index is 6.44. The van der Waals surface area contributed by atoms with Gasteiger partial charge in [0.2, 0.25) is 6.23 Å². The first kappa shape index (κ1) is 17.6. The van der Waals surface area contributed by atoms with Crippen molar-refractivity contribution in [2.24, 2.45) is 5.10 Å². The van der Waals surface area contributed by atoms with E-state index in [1.807, 2.05) is 54.6 Å². The largest absolute Gasteiger partial charge is 0.493 e. The van der Waals surface area contributed by atoms with Gasteiger partial charge in [0.15, 0.2) is 11.5 Å². The van der Waals surface area contributed by atoms with Gasteiger partial charge in [-0.05, 0) is 23.8 Å². The van der Waals surface area contributed by atoms with Gasteiger partial charge in [-0.25, -0.2) is 5.01 Å². The van der Waals surface area contributed by atoms with Crippen LogP contribution in [0.1, 0.15) is 35.4 Å². The summed E-state index contributed by atoms with van der Waals surface area (Å²) in [6.07, 6.45) is 0.425. The summed E-state index contributed by atoms with van der Waals surface area (Å²) in [5.74, 6) is 2.23. The van der Waals surface area contributed by atoms with Crippen LogP contribution >= 0.6 is 0 Å². The number of para-hydroxylation sites is 2. The summed E-state index contributed by atoms with van der Waals surface area (Å²) in [6, 6.07) is 24.5. The molecule has 3 aromatic carbocycles. The number of ether oxygens (including phenoxy) is 3. The summed E-state index contributed by atoms with van der Waals surface area (Å²) in [4.78, 5) is 0. The Hall–Kier alpha value is -3.47. The minimum absolute atomic E-state index is 0.107. The van der Waals surface area contributed by atoms with Crippen LogP contribution in [0.2, 0.25) is 0 Å². The van der Waals surface area contributed by atoms with Gasteiger partial charge in [-0.2, -0.15) is 5.10 Å². The number of rotatable bonds is 4. The summed E-state index contributed by atoms with van der Waals surface area (Å²) in [5.41, 5.74) is 4.24. The minimum Gasteiger partial charge on any atom is -0.493 e. The molecule has 29 heavy (non-hydrogen) atoms. The van der Waals surface area contributed by atoms with Crippen LogP contribution < -0.4 is 14.2 Å². The summed E-state index contributed by atoms with van der Waals surface area (Å²) >= 11 is 0. The lowest BCUT2D eigenvalue weighted by Gasteiger charge is -2.38. The molecule has 5 rings (SSSR count). The van der Waals surface area contributed by atoms with E-state index in [0.29, 0.717) is 11.5 Å². The first-order valence-electron chi connectivity index (χ1n) is 9.68. The van der Waals surface area contributed by atoms with Crippen LogP contribution in [0.25, 0.3) is 0 Å². The molecule has 146 valence electrons. The number of hydrogen-bond acceptors (Lipinski definition) is 5. The Kier molecular flexibility index (Phi) is 4.35. The Morgan fingerprint density at radius 1 is 0.862 bits per heavy atom. The molecule has 0 bridgehead atoms. The predicted octanol–water partition coefficient (Wildman–Crippen LogP) is 4.95. The van der Waals surface area contributed by atoms with Crippen molar-refractivity contribution in [2.45, 2.75) is 18.7 Å². The molecule has 0 unspecified atom stereocenters. The van der Waals surface area contributed by atoms with Crippen LogP contribution in [-0.4, -0.2) is 24.9 Å². The third-order valence-electron chi connectivity index (χ3n) is 5.51. The monoisotopic (exact) mass is 386 g/mol. The van der Waals surface area contributed by atoms with Crippen LogP contribution in [0.4, 0.5) is 0 Å². The van der Waals surface area contributed by atoms with Crippen LogP contribution in [-0.2, 0) is 0 Å². The zero-order valence-corrected chi connectivity index (χ0v) is 16.4. The molecule has 2 heterocycles. The van der Waals surface area contributed by atoms with Crippen molar-refractivity contribution in [3.63, 3.8) is 0 Å². The summed E-state index contributed by atoms with van der Waals surface area (Å²) in [7, 11) is 3.29. The SMILES string of the molecule is COc1cccc([C@@H]2Oc3ccccc3[C@H]3CC(c4ccccc4)=NN32)c1OC. The van der Waals surface area contributed by atoms with Crippen LogP contribution in [0.15, 0.2) is 77.9 Å². The predicted molar refractivity (Wildman–Crippen MR) is 112 cm³/mol. The lowest BCUT2D eigenvalue weighted by Crippen LogP contribution is -2.34. The normalized spacial score (nSPS) is 19.7. The van der Waals surface area contributed by atoms with Crippen molar-refractivity contribution in [1.82, 2.24) is 5.01 Å². The number of hydrogen-bond donors (Lipinski definition) is 0. The summed E-state index contributed by atoms with van der Waals surface area (Å²) < 4.78 is 17.6. The molecule has 0 saturated carbocycles. The van der Waals surface area contributed by atoms with Gasteiger partial charge >= 0.3 is 0 Å². The summed E-state index contributed by atoms with van der Waals surface area (Å²) in [5, 5.41) is 7.05. The molecule has 2 aliphatic rings. The van der Waals surface area contributed by atoms with E-state index < -0.39 is 6.23 Å². The molecular formula is C24H22N2O3. The topological polar surface area (TPSA) is 43.3 Å². The fourth-order valence-corrected chi connectivity index (χ4v) is 4.15. The number of fused-ring (bicyclic) bond motifs is 3. The highest BCUT2D eigenvalue weighted by Gasteiger charge is 2.42. The number of benzene rings is 3. The van der Waals surface area contributed by atoms with Crippen molar-refractivity contribution in [1.29, 1.82) is 0 Å². The van der Waals surface area contributed by atoms with Gasteiger partial charge in [-0.3, -0.25) is 0 Å². The molecule has 3 aromatic rings. The summed E-state index contributed by atoms with van der Waals surface area (Å²) in [6.45, 7) is 0. The van der Waals surface area contributed by atoms with Crippen molar-refractivity contribution in [2.75, 3.05) is 14.2 Å². The highest BCUT2D eigenvalue weighted by Crippen LogP contribution is 2.49. The van der Waals surface area contributed by atoms with E-state index in [0.717, 1.165) is 34.6 Å². The highest BCUT2D eigenvalue weighted by molar-refractivity contribution is 6.01. The molecule has 5 heteroatoms. The molecule has 2 atom stereocenters. The Morgan fingerprint density at radius 2 is 1.62 bits per heavy atom. The van der Waals surface area contributed by atoms with Crippen molar-refractivity contribution < 1.29 is 14.2 Å². The van der Waals surface area contributed by atoms with Gasteiger partial charge in [0.1, 0.15) is 5.75 Å². The Balaban J connectivity index is 1.64. The maximum Gasteiger partial charge on any atom is 0.217 e. The fourth-order valence-electron chi connectivity index (χ4n) is 4.15. The van der Waals surface area contributed by atoms with E-state index >= 15 is 0 Å². The van der Waals surface area contributed by atoms with E-state index in [9.17, 15) is 0 Å². The molecular weight excluding hydrogens is 364 g/mol. The van der Waals surface area contributed by atoms with E-state index in [1.54, 1.807) is 14.2 Å². The van der Waals surface area contributed by atoms with Gasteiger partial charge < -0.3 is 14.2 Å². The standard InChI is InChI=1S/C24H22N2O3/c1-27-22-14-8-12-18(23(22)28-2)24-26-20(17-11-6-7-13-21(17)29-24)15-19(25-26)16-9-4-3-5-10-16/h3-14,20,24H,15H2,1-2H3/t20-,24+/m1/s1. The molecule has 0 radical (unpaired) electrons. The van der Waals surface area contributed by atoms with Crippen molar-refractivity contribution in [3.8, 4) is 17.2 Å². The zero-order valence-electron chi connectivity index (χ0n) is 16.4. The average molecular weight is 386 g/mol. The molecule has 0 amide bonds. The van der Waals surface area contributed by atoms with E-state index in [4.69, 9.17) is 19.3 Å². The van der Waals surface area contributed by atoms with Gasteiger partial charge in [0, 0.05) is 12.0 Å².